The Morgan fingerprint density at radius 2 is 1.78 bits per heavy atom. The van der Waals surface area contributed by atoms with Gasteiger partial charge in [-0.3, -0.25) is 9.69 Å². The average Bonchev–Trinajstić information content (AvgIpc) is 2.69. The first kappa shape index (κ1) is 19.2. The summed E-state index contributed by atoms with van der Waals surface area (Å²) in [6, 6.07) is 14.2. The van der Waals surface area contributed by atoms with Crippen molar-refractivity contribution < 1.29 is 9.53 Å². The van der Waals surface area contributed by atoms with Gasteiger partial charge in [0.25, 0.3) is 0 Å². The fourth-order valence-electron chi connectivity index (χ4n) is 3.53. The molecule has 1 saturated heterocycles. The number of methoxy groups -OCH3 is 1. The van der Waals surface area contributed by atoms with Crippen LogP contribution in [-0.4, -0.2) is 50.6 Å². The van der Waals surface area contributed by atoms with E-state index in [1.54, 1.807) is 7.11 Å². The third-order valence-electron chi connectivity index (χ3n) is 5.32. The second-order valence-corrected chi connectivity index (χ2v) is 7.07. The molecular formula is C22H29N3O2. The molecule has 5 heteroatoms. The number of nitrogens with one attached hydrogen (secondary N) is 1. The predicted molar refractivity (Wildman–Crippen MR) is 109 cm³/mol. The standard InChI is InChI=1S/C22H29N3O2/c1-17-7-6-9-20(18(17)2)25-13-11-24(12-14-25)16-22(26)23-15-19-8-4-5-10-21(19)27-3/h4-10H,11-16H2,1-3H3,(H,23,26). The number of carbonyl (C=O) groups excluding carboxylic acids is 1. The minimum Gasteiger partial charge on any atom is -0.496 e. The van der Waals surface area contributed by atoms with Crippen molar-refractivity contribution in [2.45, 2.75) is 20.4 Å². The van der Waals surface area contributed by atoms with Gasteiger partial charge in [0.1, 0.15) is 5.75 Å². The molecule has 144 valence electrons. The van der Waals surface area contributed by atoms with Crippen LogP contribution >= 0.6 is 0 Å². The van der Waals surface area contributed by atoms with E-state index in [4.69, 9.17) is 4.74 Å². The minimum atomic E-state index is 0.0566. The van der Waals surface area contributed by atoms with Crippen molar-refractivity contribution in [1.82, 2.24) is 10.2 Å². The molecular weight excluding hydrogens is 338 g/mol. The first-order valence-electron chi connectivity index (χ1n) is 9.50. The number of para-hydroxylation sites is 1. The summed E-state index contributed by atoms with van der Waals surface area (Å²) in [7, 11) is 1.65. The van der Waals surface area contributed by atoms with Crippen LogP contribution in [0.25, 0.3) is 0 Å². The van der Waals surface area contributed by atoms with Crippen LogP contribution in [0.15, 0.2) is 42.5 Å². The molecule has 0 atom stereocenters. The maximum atomic E-state index is 12.3. The van der Waals surface area contributed by atoms with Gasteiger partial charge >= 0.3 is 0 Å². The first-order valence-corrected chi connectivity index (χ1v) is 9.50. The van der Waals surface area contributed by atoms with E-state index in [-0.39, 0.29) is 5.91 Å². The summed E-state index contributed by atoms with van der Waals surface area (Å²) in [5.74, 6) is 0.862. The van der Waals surface area contributed by atoms with Gasteiger partial charge in [-0.2, -0.15) is 0 Å². The van der Waals surface area contributed by atoms with Crippen molar-refractivity contribution in [3.05, 3.63) is 59.2 Å². The van der Waals surface area contributed by atoms with E-state index in [1.165, 1.54) is 16.8 Å². The lowest BCUT2D eigenvalue weighted by atomic mass is 10.1. The van der Waals surface area contributed by atoms with Crippen LogP contribution in [0.2, 0.25) is 0 Å². The molecule has 0 aromatic heterocycles. The van der Waals surface area contributed by atoms with Gasteiger partial charge < -0.3 is 15.0 Å². The highest BCUT2D eigenvalue weighted by Crippen LogP contribution is 2.23. The molecule has 1 aliphatic rings. The number of rotatable bonds is 6. The average molecular weight is 367 g/mol. The normalized spacial score (nSPS) is 14.9. The van der Waals surface area contributed by atoms with Crippen LogP contribution in [0.5, 0.6) is 5.75 Å². The SMILES string of the molecule is COc1ccccc1CNC(=O)CN1CCN(c2cccc(C)c2C)CC1. The molecule has 1 fully saturated rings. The molecule has 0 radical (unpaired) electrons. The van der Waals surface area contributed by atoms with Gasteiger partial charge in [0, 0.05) is 44.0 Å². The summed E-state index contributed by atoms with van der Waals surface area (Å²) in [4.78, 5) is 17.0. The summed E-state index contributed by atoms with van der Waals surface area (Å²) in [5, 5.41) is 3.01. The summed E-state index contributed by atoms with van der Waals surface area (Å²) in [5.41, 5.74) is 4.98. The van der Waals surface area contributed by atoms with E-state index >= 15 is 0 Å². The Labute approximate surface area is 161 Å². The highest BCUT2D eigenvalue weighted by Gasteiger charge is 2.20. The van der Waals surface area contributed by atoms with Gasteiger partial charge in [-0.15, -0.1) is 0 Å². The molecule has 0 saturated carbocycles. The fourth-order valence-corrected chi connectivity index (χ4v) is 3.53. The third kappa shape index (κ3) is 4.80. The quantitative estimate of drug-likeness (QED) is 0.853. The van der Waals surface area contributed by atoms with Crippen molar-refractivity contribution in [2.75, 3.05) is 44.7 Å². The second-order valence-electron chi connectivity index (χ2n) is 7.07. The monoisotopic (exact) mass is 367 g/mol. The Morgan fingerprint density at radius 1 is 1.04 bits per heavy atom. The highest BCUT2D eigenvalue weighted by molar-refractivity contribution is 5.78. The van der Waals surface area contributed by atoms with E-state index < -0.39 is 0 Å². The van der Waals surface area contributed by atoms with Crippen molar-refractivity contribution in [1.29, 1.82) is 0 Å². The molecule has 1 aliphatic heterocycles. The molecule has 1 amide bonds. The van der Waals surface area contributed by atoms with E-state index in [9.17, 15) is 4.79 Å². The van der Waals surface area contributed by atoms with Crippen molar-refractivity contribution in [2.24, 2.45) is 0 Å². The van der Waals surface area contributed by atoms with Crippen molar-refractivity contribution in [3.63, 3.8) is 0 Å². The molecule has 0 aliphatic carbocycles. The molecule has 2 aromatic rings. The van der Waals surface area contributed by atoms with Crippen LogP contribution in [0.3, 0.4) is 0 Å². The molecule has 1 N–H and O–H groups in total. The Bertz CT molecular complexity index is 783. The first-order chi connectivity index (χ1) is 13.1. The number of piperazine rings is 1. The van der Waals surface area contributed by atoms with Crippen LogP contribution in [-0.2, 0) is 11.3 Å². The number of amides is 1. The number of nitrogens with zero attached hydrogens (tertiary/aromatic N) is 2. The number of carbonyl (C=O) groups is 1. The maximum Gasteiger partial charge on any atom is 0.234 e. The zero-order valence-corrected chi connectivity index (χ0v) is 16.5. The molecule has 5 nitrogen and oxygen atoms in total. The lowest BCUT2D eigenvalue weighted by molar-refractivity contribution is -0.122. The number of ether oxygens (including phenoxy) is 1. The maximum absolute atomic E-state index is 12.3. The zero-order valence-electron chi connectivity index (χ0n) is 16.5. The minimum absolute atomic E-state index is 0.0566. The van der Waals surface area contributed by atoms with Gasteiger partial charge in [0.2, 0.25) is 5.91 Å². The van der Waals surface area contributed by atoms with Crippen LogP contribution in [0.1, 0.15) is 16.7 Å². The summed E-state index contributed by atoms with van der Waals surface area (Å²) in [6.45, 7) is 8.96. The molecule has 27 heavy (non-hydrogen) atoms. The highest BCUT2D eigenvalue weighted by atomic mass is 16.5. The Kier molecular flexibility index (Phi) is 6.35. The number of hydrogen-bond donors (Lipinski definition) is 1. The molecule has 3 rings (SSSR count). The lowest BCUT2D eigenvalue weighted by Gasteiger charge is -2.36. The van der Waals surface area contributed by atoms with E-state index in [0.717, 1.165) is 37.5 Å². The van der Waals surface area contributed by atoms with Gasteiger partial charge in [-0.1, -0.05) is 30.3 Å². The molecule has 2 aromatic carbocycles. The molecule has 0 spiro atoms. The zero-order chi connectivity index (χ0) is 19.2. The number of benzene rings is 2. The largest absolute Gasteiger partial charge is 0.496 e. The summed E-state index contributed by atoms with van der Waals surface area (Å²) < 4.78 is 5.33. The summed E-state index contributed by atoms with van der Waals surface area (Å²) >= 11 is 0. The van der Waals surface area contributed by atoms with E-state index in [0.29, 0.717) is 13.1 Å². The summed E-state index contributed by atoms with van der Waals surface area (Å²) in [6.07, 6.45) is 0. The van der Waals surface area contributed by atoms with Gasteiger partial charge in [-0.25, -0.2) is 0 Å². The van der Waals surface area contributed by atoms with Crippen LogP contribution in [0, 0.1) is 13.8 Å². The van der Waals surface area contributed by atoms with E-state index in [2.05, 4.69) is 47.2 Å². The van der Waals surface area contributed by atoms with Crippen molar-refractivity contribution in [3.8, 4) is 5.75 Å². The van der Waals surface area contributed by atoms with Gasteiger partial charge in [-0.05, 0) is 37.1 Å². The predicted octanol–water partition coefficient (Wildman–Crippen LogP) is 2.75. The second kappa shape index (κ2) is 8.91. The molecule has 0 bridgehead atoms. The van der Waals surface area contributed by atoms with E-state index in [1.807, 2.05) is 24.3 Å². The third-order valence-corrected chi connectivity index (χ3v) is 5.32. The Hall–Kier alpha value is -2.53. The fraction of sp³-hybridized carbons (Fsp3) is 0.409. The molecule has 0 unspecified atom stereocenters. The topological polar surface area (TPSA) is 44.8 Å². The van der Waals surface area contributed by atoms with Crippen molar-refractivity contribution >= 4 is 11.6 Å². The number of hydrogen-bond acceptors (Lipinski definition) is 4. The van der Waals surface area contributed by atoms with Gasteiger partial charge in [0.05, 0.1) is 13.7 Å². The smallest absolute Gasteiger partial charge is 0.234 e. The van der Waals surface area contributed by atoms with Crippen LogP contribution in [0.4, 0.5) is 5.69 Å². The number of anilines is 1. The Morgan fingerprint density at radius 3 is 2.52 bits per heavy atom. The van der Waals surface area contributed by atoms with Crippen LogP contribution < -0.4 is 15.0 Å². The Balaban J connectivity index is 1.47. The number of aryl methyl sites for hydroxylation is 1. The lowest BCUT2D eigenvalue weighted by Crippen LogP contribution is -2.49. The van der Waals surface area contributed by atoms with Gasteiger partial charge in [0.15, 0.2) is 0 Å². The molecule has 1 heterocycles.